The second-order valence-electron chi connectivity index (χ2n) is 8.47. The predicted molar refractivity (Wildman–Crippen MR) is 127 cm³/mol. The average molecular weight is 433 g/mol. The fraction of sp³-hybridized carbons (Fsp3) is 0.360. The number of carbonyl (C=O) groups is 1. The second kappa shape index (κ2) is 8.81. The molecule has 5 nitrogen and oxygen atoms in total. The first-order valence-electron chi connectivity index (χ1n) is 11.1. The lowest BCUT2D eigenvalue weighted by Crippen LogP contribution is -2.37. The number of hydrogen-bond acceptors (Lipinski definition) is 5. The molecule has 0 aliphatic carbocycles. The molecule has 160 valence electrons. The molecule has 2 aliphatic heterocycles. The maximum Gasteiger partial charge on any atom is 0.227 e. The number of rotatable bonds is 5. The summed E-state index contributed by atoms with van der Waals surface area (Å²) in [4.78, 5) is 22.1. The smallest absolute Gasteiger partial charge is 0.227 e. The highest BCUT2D eigenvalue weighted by Crippen LogP contribution is 2.34. The molecule has 1 N–H and O–H groups in total. The lowest BCUT2D eigenvalue weighted by atomic mass is 9.95. The maximum atomic E-state index is 12.8. The van der Waals surface area contributed by atoms with Crippen LogP contribution in [-0.2, 0) is 17.8 Å². The Labute approximate surface area is 187 Å². The Morgan fingerprint density at radius 2 is 1.87 bits per heavy atom. The van der Waals surface area contributed by atoms with Gasteiger partial charge in [0.25, 0.3) is 0 Å². The molecule has 1 amide bonds. The lowest BCUT2D eigenvalue weighted by Gasteiger charge is -2.30. The maximum absolute atomic E-state index is 12.8. The molecule has 0 unspecified atom stereocenters. The Kier molecular flexibility index (Phi) is 5.74. The number of carbonyl (C=O) groups excluding carboxylic acids is 1. The van der Waals surface area contributed by atoms with Crippen LogP contribution in [0.15, 0.2) is 53.9 Å². The van der Waals surface area contributed by atoms with E-state index in [2.05, 4.69) is 61.9 Å². The first-order chi connectivity index (χ1) is 15.2. The highest BCUT2D eigenvalue weighted by Gasteiger charge is 2.25. The van der Waals surface area contributed by atoms with E-state index in [1.165, 1.54) is 16.9 Å². The van der Waals surface area contributed by atoms with E-state index >= 15 is 0 Å². The molecular weight excluding hydrogens is 404 g/mol. The first kappa shape index (κ1) is 20.2. The summed E-state index contributed by atoms with van der Waals surface area (Å²) in [6.45, 7) is 5.83. The van der Waals surface area contributed by atoms with Crippen LogP contribution < -0.4 is 10.2 Å². The van der Waals surface area contributed by atoms with Gasteiger partial charge in [0.2, 0.25) is 5.91 Å². The molecule has 1 fully saturated rings. The van der Waals surface area contributed by atoms with E-state index < -0.39 is 0 Å². The number of benzene rings is 2. The molecule has 0 atom stereocenters. The standard InChI is InChI=1S/C25H28N4OS/c1-18-26-22(17-31-18)16-28-13-10-20(11-14-28)25(30)27-21-6-8-23(9-7-21)29-15-12-19-4-2-3-5-24(19)29/h2-9,17,20H,10-16H2,1H3,(H,27,30). The fourth-order valence-electron chi connectivity index (χ4n) is 4.64. The van der Waals surface area contributed by atoms with Gasteiger partial charge in [0.05, 0.1) is 10.7 Å². The number of amides is 1. The van der Waals surface area contributed by atoms with Gasteiger partial charge >= 0.3 is 0 Å². The highest BCUT2D eigenvalue weighted by molar-refractivity contribution is 7.09. The molecule has 3 aromatic rings. The van der Waals surface area contributed by atoms with Crippen LogP contribution in [0.25, 0.3) is 0 Å². The molecule has 5 rings (SSSR count). The normalized spacial score (nSPS) is 17.0. The zero-order valence-electron chi connectivity index (χ0n) is 17.9. The second-order valence-corrected chi connectivity index (χ2v) is 9.54. The van der Waals surface area contributed by atoms with Gasteiger partial charge in [-0.05, 0) is 75.2 Å². The molecule has 3 heterocycles. The van der Waals surface area contributed by atoms with Crippen LogP contribution in [0.3, 0.4) is 0 Å². The van der Waals surface area contributed by atoms with Crippen LogP contribution in [0.1, 0.15) is 29.1 Å². The molecular formula is C25H28N4OS. The van der Waals surface area contributed by atoms with Crippen LogP contribution in [0.5, 0.6) is 0 Å². The van der Waals surface area contributed by atoms with Crippen LogP contribution >= 0.6 is 11.3 Å². The topological polar surface area (TPSA) is 48.5 Å². The first-order valence-corrected chi connectivity index (χ1v) is 11.9. The minimum absolute atomic E-state index is 0.0820. The van der Waals surface area contributed by atoms with Gasteiger partial charge in [0.15, 0.2) is 0 Å². The predicted octanol–water partition coefficient (Wildman–Crippen LogP) is 5.00. The minimum atomic E-state index is 0.0820. The quantitative estimate of drug-likeness (QED) is 0.617. The van der Waals surface area contributed by atoms with Crippen molar-refractivity contribution >= 4 is 34.3 Å². The van der Waals surface area contributed by atoms with Crippen molar-refractivity contribution in [3.63, 3.8) is 0 Å². The van der Waals surface area contributed by atoms with Crippen molar-refractivity contribution in [1.29, 1.82) is 0 Å². The number of hydrogen-bond donors (Lipinski definition) is 1. The van der Waals surface area contributed by atoms with E-state index in [4.69, 9.17) is 0 Å². The van der Waals surface area contributed by atoms with Crippen LogP contribution in [0.4, 0.5) is 17.1 Å². The third kappa shape index (κ3) is 4.50. The van der Waals surface area contributed by atoms with Gasteiger partial charge in [0.1, 0.15) is 0 Å². The van der Waals surface area contributed by atoms with Crippen LogP contribution in [-0.4, -0.2) is 35.4 Å². The summed E-state index contributed by atoms with van der Waals surface area (Å²) < 4.78 is 0. The van der Waals surface area contributed by atoms with E-state index in [-0.39, 0.29) is 11.8 Å². The zero-order valence-corrected chi connectivity index (χ0v) is 18.7. The van der Waals surface area contributed by atoms with Crippen molar-refractivity contribution in [2.45, 2.75) is 32.7 Å². The van der Waals surface area contributed by atoms with Crippen molar-refractivity contribution in [2.24, 2.45) is 5.92 Å². The summed E-state index contributed by atoms with van der Waals surface area (Å²) >= 11 is 1.70. The van der Waals surface area contributed by atoms with Crippen molar-refractivity contribution in [1.82, 2.24) is 9.88 Å². The molecule has 0 radical (unpaired) electrons. The Balaban J connectivity index is 1.14. The number of para-hydroxylation sites is 1. The number of nitrogens with one attached hydrogen (secondary N) is 1. The Morgan fingerprint density at radius 3 is 2.61 bits per heavy atom. The van der Waals surface area contributed by atoms with Gasteiger partial charge in [-0.2, -0.15) is 0 Å². The van der Waals surface area contributed by atoms with Crippen molar-refractivity contribution in [3.05, 3.63) is 70.2 Å². The number of likely N-dealkylation sites (tertiary alicyclic amines) is 1. The minimum Gasteiger partial charge on any atom is -0.341 e. The molecule has 2 aromatic carbocycles. The number of aryl methyl sites for hydroxylation is 1. The molecule has 2 aliphatic rings. The van der Waals surface area contributed by atoms with E-state index in [9.17, 15) is 4.79 Å². The van der Waals surface area contributed by atoms with Gasteiger partial charge in [-0.1, -0.05) is 18.2 Å². The Morgan fingerprint density at radius 1 is 1.10 bits per heavy atom. The zero-order chi connectivity index (χ0) is 21.2. The molecule has 0 spiro atoms. The summed E-state index contributed by atoms with van der Waals surface area (Å²) in [7, 11) is 0. The number of piperidine rings is 1. The largest absolute Gasteiger partial charge is 0.341 e. The SMILES string of the molecule is Cc1nc(CN2CCC(C(=O)Nc3ccc(N4CCc5ccccc54)cc3)CC2)cs1. The van der Waals surface area contributed by atoms with Gasteiger partial charge in [-0.25, -0.2) is 4.98 Å². The molecule has 6 heteroatoms. The van der Waals surface area contributed by atoms with Crippen LogP contribution in [0.2, 0.25) is 0 Å². The van der Waals surface area contributed by atoms with E-state index in [0.29, 0.717) is 0 Å². The molecule has 1 saturated heterocycles. The van der Waals surface area contributed by atoms with E-state index in [0.717, 1.165) is 61.8 Å². The van der Waals surface area contributed by atoms with Gasteiger partial charge in [-0.15, -0.1) is 11.3 Å². The summed E-state index contributed by atoms with van der Waals surface area (Å²) in [6, 6.07) is 16.8. The number of nitrogens with zero attached hydrogens (tertiary/aromatic N) is 3. The van der Waals surface area contributed by atoms with Crippen molar-refractivity contribution < 1.29 is 4.79 Å². The average Bonchev–Trinajstić information content (AvgIpc) is 3.41. The van der Waals surface area contributed by atoms with Gasteiger partial charge in [-0.3, -0.25) is 9.69 Å². The number of anilines is 3. The number of fused-ring (bicyclic) bond motifs is 1. The summed E-state index contributed by atoms with van der Waals surface area (Å²) in [5.41, 5.74) is 5.89. The number of aromatic nitrogens is 1. The summed E-state index contributed by atoms with van der Waals surface area (Å²) in [5, 5.41) is 6.38. The molecule has 1 aromatic heterocycles. The van der Waals surface area contributed by atoms with E-state index in [1.54, 1.807) is 11.3 Å². The van der Waals surface area contributed by atoms with Crippen molar-refractivity contribution in [3.8, 4) is 0 Å². The fourth-order valence-corrected chi connectivity index (χ4v) is 5.24. The lowest BCUT2D eigenvalue weighted by molar-refractivity contribution is -0.121. The Hall–Kier alpha value is -2.70. The molecule has 0 bridgehead atoms. The third-order valence-corrected chi connectivity index (χ3v) is 7.17. The van der Waals surface area contributed by atoms with Gasteiger partial charge < -0.3 is 10.2 Å². The van der Waals surface area contributed by atoms with E-state index in [1.807, 2.05) is 19.1 Å². The highest BCUT2D eigenvalue weighted by atomic mass is 32.1. The number of thiazole rings is 1. The summed E-state index contributed by atoms with van der Waals surface area (Å²) in [5.74, 6) is 0.224. The molecule has 0 saturated carbocycles. The third-order valence-electron chi connectivity index (χ3n) is 6.34. The van der Waals surface area contributed by atoms with Gasteiger partial charge in [0, 0.05) is 41.4 Å². The van der Waals surface area contributed by atoms with Crippen LogP contribution in [0, 0.1) is 12.8 Å². The summed E-state index contributed by atoms with van der Waals surface area (Å²) in [6.07, 6.45) is 2.88. The monoisotopic (exact) mass is 432 g/mol. The Bertz CT molecular complexity index is 1050. The molecule has 31 heavy (non-hydrogen) atoms. The van der Waals surface area contributed by atoms with Crippen molar-refractivity contribution in [2.75, 3.05) is 29.9 Å².